The molecule has 0 aliphatic carbocycles. The minimum absolute atomic E-state index is 0.0119. The SMILES string of the molecule is CN(Cc1ccsc1)C(=O)CCCN1C(=O)c2ccccc2C1=O. The Morgan fingerprint density at radius 3 is 2.38 bits per heavy atom. The van der Waals surface area contributed by atoms with Gasteiger partial charge in [0, 0.05) is 26.6 Å². The lowest BCUT2D eigenvalue weighted by Gasteiger charge is -2.18. The number of benzene rings is 1. The van der Waals surface area contributed by atoms with E-state index in [2.05, 4.69) is 0 Å². The molecule has 3 rings (SSSR count). The van der Waals surface area contributed by atoms with Crippen LogP contribution >= 0.6 is 11.3 Å². The number of imide groups is 1. The number of fused-ring (bicyclic) bond motifs is 1. The van der Waals surface area contributed by atoms with Crippen LogP contribution in [0.15, 0.2) is 41.1 Å². The quantitative estimate of drug-likeness (QED) is 0.759. The highest BCUT2D eigenvalue weighted by Gasteiger charge is 2.34. The van der Waals surface area contributed by atoms with Gasteiger partial charge < -0.3 is 4.90 Å². The standard InChI is InChI=1S/C18H18N2O3S/c1-19(11-13-8-10-24-12-13)16(21)7-4-9-20-17(22)14-5-2-3-6-15(14)18(20)23/h2-3,5-6,8,10,12H,4,7,9,11H2,1H3. The minimum Gasteiger partial charge on any atom is -0.341 e. The van der Waals surface area contributed by atoms with Crippen LogP contribution in [0.1, 0.15) is 39.1 Å². The summed E-state index contributed by atoms with van der Waals surface area (Å²) in [5.74, 6) is -0.526. The number of thiophene rings is 1. The molecule has 1 aromatic heterocycles. The van der Waals surface area contributed by atoms with Crippen LogP contribution in [-0.2, 0) is 11.3 Å². The molecular weight excluding hydrogens is 324 g/mol. The maximum absolute atomic E-state index is 12.2. The van der Waals surface area contributed by atoms with E-state index >= 15 is 0 Å². The molecule has 2 heterocycles. The molecule has 0 fully saturated rings. The number of hydrogen-bond donors (Lipinski definition) is 0. The van der Waals surface area contributed by atoms with Crippen molar-refractivity contribution in [2.75, 3.05) is 13.6 Å². The van der Waals surface area contributed by atoms with Crippen LogP contribution in [0, 0.1) is 0 Å². The highest BCUT2D eigenvalue weighted by molar-refractivity contribution is 7.07. The predicted molar refractivity (Wildman–Crippen MR) is 91.8 cm³/mol. The predicted octanol–water partition coefficient (Wildman–Crippen LogP) is 2.78. The Morgan fingerprint density at radius 2 is 1.79 bits per heavy atom. The molecule has 0 N–H and O–H groups in total. The molecule has 1 aliphatic heterocycles. The number of carbonyl (C=O) groups is 3. The molecule has 0 radical (unpaired) electrons. The fraction of sp³-hybridized carbons (Fsp3) is 0.278. The van der Waals surface area contributed by atoms with Gasteiger partial charge in [-0.1, -0.05) is 12.1 Å². The summed E-state index contributed by atoms with van der Waals surface area (Å²) in [6, 6.07) is 8.81. The first-order chi connectivity index (χ1) is 11.6. The summed E-state index contributed by atoms with van der Waals surface area (Å²) in [4.78, 5) is 39.5. The summed E-state index contributed by atoms with van der Waals surface area (Å²) in [6.45, 7) is 0.847. The van der Waals surface area contributed by atoms with Crippen LogP contribution in [-0.4, -0.2) is 41.1 Å². The number of hydrogen-bond acceptors (Lipinski definition) is 4. The van der Waals surface area contributed by atoms with Gasteiger partial charge in [0.05, 0.1) is 11.1 Å². The summed E-state index contributed by atoms with van der Waals surface area (Å²) < 4.78 is 0. The molecule has 0 saturated heterocycles. The Morgan fingerprint density at radius 1 is 1.12 bits per heavy atom. The summed E-state index contributed by atoms with van der Waals surface area (Å²) in [5.41, 5.74) is 2.00. The average molecular weight is 342 g/mol. The monoisotopic (exact) mass is 342 g/mol. The lowest BCUT2D eigenvalue weighted by Crippen LogP contribution is -2.32. The average Bonchev–Trinajstić information content (AvgIpc) is 3.17. The third-order valence-electron chi connectivity index (χ3n) is 4.08. The zero-order chi connectivity index (χ0) is 17.1. The van der Waals surface area contributed by atoms with Crippen molar-refractivity contribution in [1.29, 1.82) is 0 Å². The van der Waals surface area contributed by atoms with Gasteiger partial charge >= 0.3 is 0 Å². The summed E-state index contributed by atoms with van der Waals surface area (Å²) in [6.07, 6.45) is 0.784. The molecule has 0 atom stereocenters. The number of carbonyl (C=O) groups excluding carboxylic acids is 3. The zero-order valence-electron chi connectivity index (χ0n) is 13.4. The Hall–Kier alpha value is -2.47. The van der Waals surface area contributed by atoms with Gasteiger partial charge in [0.2, 0.25) is 5.91 Å². The second-order valence-corrected chi connectivity index (χ2v) is 6.57. The van der Waals surface area contributed by atoms with Crippen molar-refractivity contribution in [3.05, 3.63) is 57.8 Å². The van der Waals surface area contributed by atoms with Gasteiger partial charge in [0.1, 0.15) is 0 Å². The largest absolute Gasteiger partial charge is 0.341 e. The second-order valence-electron chi connectivity index (χ2n) is 5.79. The number of nitrogens with zero attached hydrogens (tertiary/aromatic N) is 2. The normalized spacial score (nSPS) is 13.3. The fourth-order valence-corrected chi connectivity index (χ4v) is 3.43. The van der Waals surface area contributed by atoms with Gasteiger partial charge in [-0.2, -0.15) is 11.3 Å². The van der Waals surface area contributed by atoms with Crippen molar-refractivity contribution in [3.63, 3.8) is 0 Å². The Bertz CT molecular complexity index is 735. The summed E-state index contributed by atoms with van der Waals surface area (Å²) >= 11 is 1.60. The third kappa shape index (κ3) is 3.23. The van der Waals surface area contributed by atoms with Crippen LogP contribution in [0.5, 0.6) is 0 Å². The highest BCUT2D eigenvalue weighted by atomic mass is 32.1. The number of amides is 3. The molecule has 5 nitrogen and oxygen atoms in total. The maximum Gasteiger partial charge on any atom is 0.261 e. The van der Waals surface area contributed by atoms with E-state index < -0.39 is 0 Å². The van der Waals surface area contributed by atoms with Crippen LogP contribution < -0.4 is 0 Å². The van der Waals surface area contributed by atoms with Crippen LogP contribution in [0.3, 0.4) is 0 Å². The molecule has 0 spiro atoms. The molecule has 1 aliphatic rings. The van der Waals surface area contributed by atoms with Crippen molar-refractivity contribution in [2.24, 2.45) is 0 Å². The molecule has 0 unspecified atom stereocenters. The molecule has 24 heavy (non-hydrogen) atoms. The third-order valence-corrected chi connectivity index (χ3v) is 4.81. The van der Waals surface area contributed by atoms with Crippen molar-refractivity contribution >= 4 is 29.1 Å². The van der Waals surface area contributed by atoms with Crippen molar-refractivity contribution in [1.82, 2.24) is 9.80 Å². The first-order valence-electron chi connectivity index (χ1n) is 7.78. The van der Waals surface area contributed by atoms with E-state index in [1.165, 1.54) is 4.90 Å². The number of rotatable bonds is 6. The molecule has 2 aromatic rings. The van der Waals surface area contributed by atoms with E-state index in [-0.39, 0.29) is 24.3 Å². The maximum atomic E-state index is 12.2. The molecule has 0 saturated carbocycles. The first-order valence-corrected chi connectivity index (χ1v) is 8.72. The van der Waals surface area contributed by atoms with Gasteiger partial charge in [0.15, 0.2) is 0 Å². The van der Waals surface area contributed by atoms with Gasteiger partial charge in [-0.25, -0.2) is 0 Å². The van der Waals surface area contributed by atoms with E-state index in [0.717, 1.165) is 5.56 Å². The molecule has 3 amide bonds. The molecular formula is C18H18N2O3S. The highest BCUT2D eigenvalue weighted by Crippen LogP contribution is 2.22. The van der Waals surface area contributed by atoms with Gasteiger partial charge in [-0.3, -0.25) is 19.3 Å². The Labute approximate surface area is 144 Å². The molecule has 124 valence electrons. The Balaban J connectivity index is 1.51. The van der Waals surface area contributed by atoms with Crippen molar-refractivity contribution < 1.29 is 14.4 Å². The van der Waals surface area contributed by atoms with Crippen molar-refractivity contribution in [3.8, 4) is 0 Å². The molecule has 6 heteroatoms. The first kappa shape index (κ1) is 16.4. The molecule has 0 bridgehead atoms. The van der Waals surface area contributed by atoms with E-state index in [4.69, 9.17) is 0 Å². The van der Waals surface area contributed by atoms with Crippen LogP contribution in [0.4, 0.5) is 0 Å². The minimum atomic E-state index is -0.269. The van der Waals surface area contributed by atoms with Gasteiger partial charge in [-0.15, -0.1) is 0 Å². The zero-order valence-corrected chi connectivity index (χ0v) is 14.2. The Kier molecular flexibility index (Phi) is 4.76. The van der Waals surface area contributed by atoms with Crippen molar-refractivity contribution in [2.45, 2.75) is 19.4 Å². The molecule has 1 aromatic carbocycles. The van der Waals surface area contributed by atoms with Crippen LogP contribution in [0.25, 0.3) is 0 Å². The topological polar surface area (TPSA) is 57.7 Å². The summed E-state index contributed by atoms with van der Waals surface area (Å²) in [7, 11) is 1.77. The van der Waals surface area contributed by atoms with Gasteiger partial charge in [-0.05, 0) is 40.9 Å². The smallest absolute Gasteiger partial charge is 0.261 e. The van der Waals surface area contributed by atoms with E-state index in [1.54, 1.807) is 47.5 Å². The van der Waals surface area contributed by atoms with Crippen LogP contribution in [0.2, 0.25) is 0 Å². The lowest BCUT2D eigenvalue weighted by molar-refractivity contribution is -0.130. The van der Waals surface area contributed by atoms with Gasteiger partial charge in [0.25, 0.3) is 11.8 Å². The fourth-order valence-electron chi connectivity index (χ4n) is 2.77. The van der Waals surface area contributed by atoms with E-state index in [1.807, 2.05) is 16.8 Å². The van der Waals surface area contributed by atoms with E-state index in [0.29, 0.717) is 30.5 Å². The second kappa shape index (κ2) is 6.97. The summed E-state index contributed by atoms with van der Waals surface area (Å²) in [5, 5.41) is 4.00. The van der Waals surface area contributed by atoms with E-state index in [9.17, 15) is 14.4 Å². The lowest BCUT2D eigenvalue weighted by atomic mass is 10.1.